The molecule has 0 unspecified atom stereocenters. The van der Waals surface area contributed by atoms with Crippen molar-refractivity contribution in [1.29, 1.82) is 0 Å². The van der Waals surface area contributed by atoms with Gasteiger partial charge in [-0.3, -0.25) is 0 Å². The fraction of sp³-hybridized carbons (Fsp3) is 0.143. The van der Waals surface area contributed by atoms with Gasteiger partial charge in [-0.15, -0.1) is 0 Å². The van der Waals surface area contributed by atoms with Crippen LogP contribution in [0.4, 0.5) is 0 Å². The number of carbonyl (C=O) groups is 1. The van der Waals surface area contributed by atoms with Gasteiger partial charge in [0.05, 0.1) is 30.9 Å². The molecule has 6 heteroatoms. The number of carbonyl (C=O) groups excluding carboxylic acids is 1. The van der Waals surface area contributed by atoms with Crippen molar-refractivity contribution in [2.24, 2.45) is 0 Å². The van der Waals surface area contributed by atoms with Crippen molar-refractivity contribution in [3.05, 3.63) is 59.0 Å². The molecular formula is C14H11ClN2O3. The Labute approximate surface area is 119 Å². The van der Waals surface area contributed by atoms with Gasteiger partial charge in [-0.05, 0) is 24.3 Å². The van der Waals surface area contributed by atoms with Crippen LogP contribution in [0, 0.1) is 0 Å². The van der Waals surface area contributed by atoms with E-state index in [2.05, 4.69) is 4.98 Å². The average Bonchev–Trinajstić information content (AvgIpc) is 3.07. The summed E-state index contributed by atoms with van der Waals surface area (Å²) in [6, 6.07) is 7.02. The number of halogens is 1. The molecule has 102 valence electrons. The van der Waals surface area contributed by atoms with E-state index in [1.54, 1.807) is 24.6 Å². The van der Waals surface area contributed by atoms with Crippen LogP contribution in [0.5, 0.6) is 0 Å². The second-order valence-electron chi connectivity index (χ2n) is 4.24. The van der Waals surface area contributed by atoms with Crippen molar-refractivity contribution < 1.29 is 13.9 Å². The number of imidazole rings is 1. The molecule has 0 aromatic carbocycles. The molecule has 0 atom stereocenters. The molecule has 0 spiro atoms. The maximum Gasteiger partial charge on any atom is 0.337 e. The number of methoxy groups -OCH3 is 1. The quantitative estimate of drug-likeness (QED) is 0.696. The Morgan fingerprint density at radius 2 is 2.35 bits per heavy atom. The van der Waals surface area contributed by atoms with E-state index in [0.29, 0.717) is 22.7 Å². The first-order valence-corrected chi connectivity index (χ1v) is 6.34. The van der Waals surface area contributed by atoms with Crippen molar-refractivity contribution in [3.63, 3.8) is 0 Å². The monoisotopic (exact) mass is 290 g/mol. The van der Waals surface area contributed by atoms with Crippen molar-refractivity contribution in [3.8, 4) is 0 Å². The second kappa shape index (κ2) is 5.02. The molecule has 3 aromatic rings. The Morgan fingerprint density at radius 1 is 1.50 bits per heavy atom. The molecule has 0 N–H and O–H groups in total. The zero-order chi connectivity index (χ0) is 14.1. The Balaban J connectivity index is 2.05. The van der Waals surface area contributed by atoms with E-state index in [1.807, 2.05) is 16.5 Å². The minimum Gasteiger partial charge on any atom is -0.469 e. The first-order chi connectivity index (χ1) is 9.69. The Morgan fingerprint density at radius 3 is 3.05 bits per heavy atom. The van der Waals surface area contributed by atoms with Gasteiger partial charge in [-0.1, -0.05) is 11.6 Å². The first kappa shape index (κ1) is 12.7. The Kier molecular flexibility index (Phi) is 3.20. The molecule has 3 aromatic heterocycles. The standard InChI is InChI=1S/C14H11ClN2O3/c1-19-14(18)9-4-5-17-11(7-9)13(15)16-12(17)8-10-3-2-6-20-10/h2-7H,8H2,1H3. The largest absolute Gasteiger partial charge is 0.469 e. The van der Waals surface area contributed by atoms with Crippen LogP contribution in [0.15, 0.2) is 41.1 Å². The van der Waals surface area contributed by atoms with E-state index in [0.717, 1.165) is 11.6 Å². The fourth-order valence-corrected chi connectivity index (χ4v) is 2.29. The fourth-order valence-electron chi connectivity index (χ4n) is 2.05. The van der Waals surface area contributed by atoms with E-state index in [4.69, 9.17) is 20.8 Å². The van der Waals surface area contributed by atoms with Gasteiger partial charge in [-0.25, -0.2) is 9.78 Å². The molecule has 0 fully saturated rings. The number of nitrogens with zero attached hydrogens (tertiary/aromatic N) is 2. The van der Waals surface area contributed by atoms with E-state index >= 15 is 0 Å². The first-order valence-electron chi connectivity index (χ1n) is 5.96. The lowest BCUT2D eigenvalue weighted by molar-refractivity contribution is 0.0600. The third-order valence-electron chi connectivity index (χ3n) is 3.01. The molecule has 5 nitrogen and oxygen atoms in total. The number of hydrogen-bond donors (Lipinski definition) is 0. The van der Waals surface area contributed by atoms with Crippen LogP contribution in [-0.2, 0) is 11.2 Å². The summed E-state index contributed by atoms with van der Waals surface area (Å²) in [4.78, 5) is 15.8. The van der Waals surface area contributed by atoms with Crippen LogP contribution >= 0.6 is 11.6 Å². The van der Waals surface area contributed by atoms with Crippen molar-refractivity contribution in [2.75, 3.05) is 7.11 Å². The molecule has 0 radical (unpaired) electrons. The van der Waals surface area contributed by atoms with Gasteiger partial charge in [0.2, 0.25) is 0 Å². The number of furan rings is 1. The number of esters is 1. The van der Waals surface area contributed by atoms with E-state index in [1.165, 1.54) is 7.11 Å². The minimum atomic E-state index is -0.405. The highest BCUT2D eigenvalue weighted by Crippen LogP contribution is 2.21. The summed E-state index contributed by atoms with van der Waals surface area (Å²) in [5, 5.41) is 0.345. The van der Waals surface area contributed by atoms with Gasteiger partial charge in [0.15, 0.2) is 5.15 Å². The van der Waals surface area contributed by atoms with E-state index in [-0.39, 0.29) is 0 Å². The number of ether oxygens (including phenoxy) is 1. The van der Waals surface area contributed by atoms with Gasteiger partial charge < -0.3 is 13.6 Å². The van der Waals surface area contributed by atoms with Gasteiger partial charge in [0, 0.05) is 6.20 Å². The smallest absolute Gasteiger partial charge is 0.337 e. The highest BCUT2D eigenvalue weighted by molar-refractivity contribution is 6.32. The molecule has 0 aliphatic carbocycles. The van der Waals surface area contributed by atoms with Crippen molar-refractivity contribution in [2.45, 2.75) is 6.42 Å². The number of fused-ring (bicyclic) bond motifs is 1. The third kappa shape index (κ3) is 2.16. The SMILES string of the molecule is COC(=O)c1ccn2c(Cc3ccco3)nc(Cl)c2c1. The van der Waals surface area contributed by atoms with Crippen LogP contribution in [0.2, 0.25) is 5.15 Å². The van der Waals surface area contributed by atoms with Gasteiger partial charge >= 0.3 is 5.97 Å². The third-order valence-corrected chi connectivity index (χ3v) is 3.28. The summed E-state index contributed by atoms with van der Waals surface area (Å²) < 4.78 is 11.8. The van der Waals surface area contributed by atoms with Gasteiger partial charge in [-0.2, -0.15) is 0 Å². The highest BCUT2D eigenvalue weighted by atomic mass is 35.5. The molecule has 0 saturated heterocycles. The molecule has 0 bridgehead atoms. The Bertz CT molecular complexity index is 762. The zero-order valence-corrected chi connectivity index (χ0v) is 11.4. The molecule has 0 aliphatic heterocycles. The van der Waals surface area contributed by atoms with Crippen molar-refractivity contribution in [1.82, 2.24) is 9.38 Å². The van der Waals surface area contributed by atoms with Crippen LogP contribution in [0.1, 0.15) is 21.9 Å². The Hall–Kier alpha value is -2.27. The molecule has 0 saturated carbocycles. The van der Waals surface area contributed by atoms with E-state index in [9.17, 15) is 4.79 Å². The lowest BCUT2D eigenvalue weighted by atomic mass is 10.2. The number of aromatic nitrogens is 2. The average molecular weight is 291 g/mol. The molecule has 3 rings (SSSR count). The van der Waals surface area contributed by atoms with Crippen molar-refractivity contribution >= 4 is 23.1 Å². The summed E-state index contributed by atoms with van der Waals surface area (Å²) in [7, 11) is 1.34. The lowest BCUT2D eigenvalue weighted by Crippen LogP contribution is -2.02. The summed E-state index contributed by atoms with van der Waals surface area (Å²) in [6.07, 6.45) is 3.89. The molecule has 0 amide bonds. The molecule has 20 heavy (non-hydrogen) atoms. The minimum absolute atomic E-state index is 0.345. The normalized spacial score (nSPS) is 10.9. The van der Waals surface area contributed by atoms with Crippen LogP contribution < -0.4 is 0 Å². The lowest BCUT2D eigenvalue weighted by Gasteiger charge is -2.02. The number of hydrogen-bond acceptors (Lipinski definition) is 4. The summed E-state index contributed by atoms with van der Waals surface area (Å²) >= 11 is 6.12. The molecule has 3 heterocycles. The summed E-state index contributed by atoms with van der Waals surface area (Å²) in [6.45, 7) is 0. The predicted octanol–water partition coefficient (Wildman–Crippen LogP) is 2.96. The topological polar surface area (TPSA) is 56.7 Å². The van der Waals surface area contributed by atoms with Crippen LogP contribution in [0.3, 0.4) is 0 Å². The van der Waals surface area contributed by atoms with Gasteiger partial charge in [0.25, 0.3) is 0 Å². The predicted molar refractivity (Wildman–Crippen MR) is 73.1 cm³/mol. The van der Waals surface area contributed by atoms with Crippen LogP contribution in [-0.4, -0.2) is 22.5 Å². The molecular weight excluding hydrogens is 280 g/mol. The van der Waals surface area contributed by atoms with Gasteiger partial charge in [0.1, 0.15) is 11.6 Å². The summed E-state index contributed by atoms with van der Waals surface area (Å²) in [5.74, 6) is 1.14. The number of pyridine rings is 1. The summed E-state index contributed by atoms with van der Waals surface area (Å²) in [5.41, 5.74) is 1.10. The van der Waals surface area contributed by atoms with E-state index < -0.39 is 5.97 Å². The maximum atomic E-state index is 11.5. The zero-order valence-electron chi connectivity index (χ0n) is 10.7. The molecule has 0 aliphatic rings. The second-order valence-corrected chi connectivity index (χ2v) is 4.60. The maximum absolute atomic E-state index is 11.5. The number of rotatable bonds is 3. The van der Waals surface area contributed by atoms with Crippen LogP contribution in [0.25, 0.3) is 5.52 Å². The highest BCUT2D eigenvalue weighted by Gasteiger charge is 2.14.